The summed E-state index contributed by atoms with van der Waals surface area (Å²) in [7, 11) is 0. The van der Waals surface area contributed by atoms with Gasteiger partial charge < -0.3 is 14.9 Å². The first-order valence-electron chi connectivity index (χ1n) is 6.38. The quantitative estimate of drug-likeness (QED) is 0.368. The highest BCUT2D eigenvalue weighted by molar-refractivity contribution is 5.02. The lowest BCUT2D eigenvalue weighted by Crippen LogP contribution is -2.46. The van der Waals surface area contributed by atoms with E-state index in [9.17, 15) is 24.2 Å². The summed E-state index contributed by atoms with van der Waals surface area (Å²) in [5.41, 5.74) is 4.98. The number of nitrogens with one attached hydrogen (secondary N) is 1. The summed E-state index contributed by atoms with van der Waals surface area (Å²) in [6, 6.07) is 1.00. The van der Waals surface area contributed by atoms with Crippen molar-refractivity contribution in [2.24, 2.45) is 5.11 Å². The first-order valence-corrected chi connectivity index (χ1v) is 6.38. The summed E-state index contributed by atoms with van der Waals surface area (Å²) in [5, 5.41) is 22.7. The van der Waals surface area contributed by atoms with E-state index in [1.807, 2.05) is 4.98 Å². The molecule has 1 saturated heterocycles. The number of azide groups is 1. The van der Waals surface area contributed by atoms with Crippen LogP contribution in [0, 0.1) is 0 Å². The number of aromatic nitrogens is 2. The molecule has 0 unspecified atom stereocenters. The van der Waals surface area contributed by atoms with Gasteiger partial charge in [0.2, 0.25) is 0 Å². The van der Waals surface area contributed by atoms with Crippen molar-refractivity contribution in [2.45, 2.75) is 30.5 Å². The second kappa shape index (κ2) is 6.28. The number of ether oxygens (including phenoxy) is 1. The predicted molar refractivity (Wildman–Crippen MR) is 70.8 cm³/mol. The fraction of sp³-hybridized carbons (Fsp3) is 0.636. The van der Waals surface area contributed by atoms with Crippen molar-refractivity contribution in [2.75, 3.05) is 13.2 Å². The fourth-order valence-corrected chi connectivity index (χ4v) is 2.36. The molecule has 0 saturated carbocycles. The van der Waals surface area contributed by atoms with Crippen LogP contribution in [0.1, 0.15) is 12.6 Å². The van der Waals surface area contributed by atoms with Gasteiger partial charge in [0.25, 0.3) is 5.56 Å². The topological polar surface area (TPSA) is 153 Å². The summed E-state index contributed by atoms with van der Waals surface area (Å²) in [6.45, 7) is -0.863. The average molecular weight is 315 g/mol. The number of hydrogen-bond donors (Lipinski definition) is 3. The highest BCUT2D eigenvalue weighted by Crippen LogP contribution is 2.40. The van der Waals surface area contributed by atoms with Gasteiger partial charge in [0.1, 0.15) is 11.7 Å². The first kappa shape index (κ1) is 16.2. The van der Waals surface area contributed by atoms with Crippen LogP contribution in [0.2, 0.25) is 0 Å². The van der Waals surface area contributed by atoms with Gasteiger partial charge in [-0.3, -0.25) is 14.3 Å². The summed E-state index contributed by atoms with van der Waals surface area (Å²) in [4.78, 5) is 27.2. The first-order chi connectivity index (χ1) is 10.4. The molecule has 2 rings (SSSR count). The molecule has 3 N–H and O–H groups in total. The zero-order valence-corrected chi connectivity index (χ0v) is 11.3. The molecule has 0 amide bonds. The predicted octanol–water partition coefficient (Wildman–Crippen LogP) is -0.804. The largest absolute Gasteiger partial charge is 0.393 e. The summed E-state index contributed by atoms with van der Waals surface area (Å²) >= 11 is 0. The Morgan fingerprint density at radius 2 is 2.32 bits per heavy atom. The van der Waals surface area contributed by atoms with E-state index >= 15 is 0 Å². The Morgan fingerprint density at radius 3 is 2.91 bits per heavy atom. The van der Waals surface area contributed by atoms with Crippen molar-refractivity contribution in [3.8, 4) is 0 Å². The lowest BCUT2D eigenvalue weighted by atomic mass is 9.93. The molecule has 1 aliphatic heterocycles. The van der Waals surface area contributed by atoms with Crippen LogP contribution in [0.5, 0.6) is 0 Å². The number of aromatic amines is 1. The van der Waals surface area contributed by atoms with E-state index in [1.54, 1.807) is 0 Å². The average Bonchev–Trinajstić information content (AvgIpc) is 2.73. The molecule has 4 atom stereocenters. The Balaban J connectivity index is 2.34. The molecule has 1 aromatic heterocycles. The summed E-state index contributed by atoms with van der Waals surface area (Å²) in [6.07, 6.45) is -4.36. The number of halogens is 1. The molecule has 0 bridgehead atoms. The monoisotopic (exact) mass is 315 g/mol. The summed E-state index contributed by atoms with van der Waals surface area (Å²) < 4.78 is 20.4. The van der Waals surface area contributed by atoms with Gasteiger partial charge in [-0.25, -0.2) is 9.18 Å². The molecule has 1 aliphatic rings. The molecular weight excluding hydrogens is 301 g/mol. The van der Waals surface area contributed by atoms with E-state index in [-0.39, 0.29) is 13.0 Å². The van der Waals surface area contributed by atoms with E-state index in [0.29, 0.717) is 0 Å². The zero-order valence-electron chi connectivity index (χ0n) is 11.3. The maximum Gasteiger partial charge on any atom is 0.330 e. The van der Waals surface area contributed by atoms with Crippen molar-refractivity contribution < 1.29 is 19.3 Å². The number of H-pyrrole nitrogens is 1. The number of nitrogens with zero attached hydrogens (tertiary/aromatic N) is 4. The van der Waals surface area contributed by atoms with Crippen LogP contribution in [-0.2, 0) is 4.74 Å². The Morgan fingerprint density at radius 1 is 1.59 bits per heavy atom. The lowest BCUT2D eigenvalue weighted by Gasteiger charge is -2.29. The highest BCUT2D eigenvalue weighted by atomic mass is 19.1. The third-order valence-corrected chi connectivity index (χ3v) is 3.56. The molecule has 11 heteroatoms. The zero-order chi connectivity index (χ0) is 16.3. The molecule has 1 aromatic rings. The molecule has 0 aromatic carbocycles. The smallest absolute Gasteiger partial charge is 0.330 e. The van der Waals surface area contributed by atoms with Crippen LogP contribution < -0.4 is 11.2 Å². The minimum absolute atomic E-state index is 0.131. The van der Waals surface area contributed by atoms with Gasteiger partial charge in [-0.15, -0.1) is 0 Å². The second-order valence-corrected chi connectivity index (χ2v) is 4.84. The van der Waals surface area contributed by atoms with Crippen LogP contribution in [0.25, 0.3) is 10.4 Å². The number of alkyl halides is 1. The number of aliphatic hydroxyl groups excluding tert-OH is 2. The van der Waals surface area contributed by atoms with Crippen molar-refractivity contribution in [3.63, 3.8) is 0 Å². The van der Waals surface area contributed by atoms with E-state index in [2.05, 4.69) is 10.0 Å². The van der Waals surface area contributed by atoms with Crippen molar-refractivity contribution >= 4 is 0 Å². The van der Waals surface area contributed by atoms with Gasteiger partial charge in [-0.1, -0.05) is 5.11 Å². The van der Waals surface area contributed by atoms with Gasteiger partial charge in [0, 0.05) is 23.7 Å². The molecule has 10 nitrogen and oxygen atoms in total. The van der Waals surface area contributed by atoms with E-state index in [1.165, 1.54) is 0 Å². The standard InChI is InChI=1S/C11H14FN5O5/c12-7-8(20)11(5-18,2-3-14-16-13)22-9(7)17-4-1-6(19)15-10(17)21/h1,4,7-9,18,20H,2-3,5H2,(H,15,19,21)/t7-,8+,9+,11+/m0/s1. The Bertz CT molecular complexity index is 699. The lowest BCUT2D eigenvalue weighted by molar-refractivity contribution is -0.131. The third kappa shape index (κ3) is 2.74. The van der Waals surface area contributed by atoms with Gasteiger partial charge in [0.05, 0.1) is 6.61 Å². The Hall–Kier alpha value is -2.20. The minimum Gasteiger partial charge on any atom is -0.393 e. The van der Waals surface area contributed by atoms with Crippen LogP contribution in [0.15, 0.2) is 27.0 Å². The van der Waals surface area contributed by atoms with Crippen LogP contribution in [-0.4, -0.2) is 50.8 Å². The Labute approximate surface area is 122 Å². The highest BCUT2D eigenvalue weighted by Gasteiger charge is 2.55. The number of aliphatic hydroxyl groups is 2. The van der Waals surface area contributed by atoms with E-state index < -0.39 is 42.0 Å². The van der Waals surface area contributed by atoms with E-state index in [4.69, 9.17) is 10.3 Å². The summed E-state index contributed by atoms with van der Waals surface area (Å²) in [5.74, 6) is 0. The van der Waals surface area contributed by atoms with Crippen LogP contribution >= 0.6 is 0 Å². The van der Waals surface area contributed by atoms with E-state index in [0.717, 1.165) is 16.8 Å². The van der Waals surface area contributed by atoms with Crippen molar-refractivity contribution in [1.82, 2.24) is 9.55 Å². The van der Waals surface area contributed by atoms with Crippen LogP contribution in [0.3, 0.4) is 0 Å². The SMILES string of the molecule is [N-]=[N+]=NCC[C@]1(CO)O[C@@H](n2ccc(=O)[nH]c2=O)[C@@H](F)[C@H]1O. The Kier molecular flexibility index (Phi) is 4.62. The van der Waals surface area contributed by atoms with Gasteiger partial charge in [-0.2, -0.15) is 0 Å². The maximum absolute atomic E-state index is 14.3. The molecular formula is C11H14FN5O5. The maximum atomic E-state index is 14.3. The number of hydrogen-bond acceptors (Lipinski definition) is 6. The molecule has 22 heavy (non-hydrogen) atoms. The molecule has 1 fully saturated rings. The molecule has 2 heterocycles. The van der Waals surface area contributed by atoms with Crippen molar-refractivity contribution in [3.05, 3.63) is 43.5 Å². The van der Waals surface area contributed by atoms with Gasteiger partial charge in [0.15, 0.2) is 12.4 Å². The second-order valence-electron chi connectivity index (χ2n) is 4.84. The molecule has 0 aliphatic carbocycles. The van der Waals surface area contributed by atoms with Gasteiger partial charge >= 0.3 is 5.69 Å². The minimum atomic E-state index is -2.01. The number of rotatable bonds is 5. The molecule has 0 radical (unpaired) electrons. The third-order valence-electron chi connectivity index (χ3n) is 3.56. The molecule has 0 spiro atoms. The van der Waals surface area contributed by atoms with Crippen molar-refractivity contribution in [1.29, 1.82) is 0 Å². The van der Waals surface area contributed by atoms with Gasteiger partial charge in [-0.05, 0) is 12.0 Å². The normalized spacial score (nSPS) is 31.0. The molecule has 120 valence electrons. The van der Waals surface area contributed by atoms with Crippen LogP contribution in [0.4, 0.5) is 4.39 Å². The fourth-order valence-electron chi connectivity index (χ4n) is 2.36.